The van der Waals surface area contributed by atoms with E-state index >= 15 is 0 Å². The molecule has 0 radical (unpaired) electrons. The number of hydrogen-bond donors (Lipinski definition) is 1. The van der Waals surface area contributed by atoms with Crippen LogP contribution in [0.15, 0.2) is 24.8 Å². The van der Waals surface area contributed by atoms with Crippen LogP contribution in [-0.2, 0) is 24.3 Å². The maximum absolute atomic E-state index is 11.7. The standard InChI is InChI=1S/C12H18N6O/c1-2-11-13-4-8-17(11)7-3-12(19)14-5-9-18-10-6-15-16-18/h4,6,8,10H,2-3,5,7,9H2,1H3,(H,14,19). The molecule has 19 heavy (non-hydrogen) atoms. The molecule has 0 saturated heterocycles. The van der Waals surface area contributed by atoms with Crippen LogP contribution in [0.1, 0.15) is 19.2 Å². The summed E-state index contributed by atoms with van der Waals surface area (Å²) in [5, 5.41) is 10.4. The molecule has 0 spiro atoms. The highest BCUT2D eigenvalue weighted by atomic mass is 16.1. The molecule has 0 fully saturated rings. The van der Waals surface area contributed by atoms with Crippen molar-refractivity contribution in [2.24, 2.45) is 0 Å². The number of carbonyl (C=O) groups excluding carboxylic acids is 1. The van der Waals surface area contributed by atoms with E-state index in [1.807, 2.05) is 10.8 Å². The number of carbonyl (C=O) groups is 1. The molecule has 0 aliphatic carbocycles. The van der Waals surface area contributed by atoms with Crippen LogP contribution in [-0.4, -0.2) is 37.0 Å². The zero-order valence-electron chi connectivity index (χ0n) is 11.0. The largest absolute Gasteiger partial charge is 0.354 e. The van der Waals surface area contributed by atoms with Gasteiger partial charge in [0.05, 0.1) is 12.7 Å². The van der Waals surface area contributed by atoms with Gasteiger partial charge in [-0.2, -0.15) is 0 Å². The van der Waals surface area contributed by atoms with Crippen LogP contribution in [0, 0.1) is 0 Å². The quantitative estimate of drug-likeness (QED) is 0.775. The zero-order valence-corrected chi connectivity index (χ0v) is 11.0. The lowest BCUT2D eigenvalue weighted by molar-refractivity contribution is -0.121. The molecule has 0 saturated carbocycles. The van der Waals surface area contributed by atoms with Crippen molar-refractivity contribution >= 4 is 5.91 Å². The SMILES string of the molecule is CCc1nccn1CCC(=O)NCCn1ccnn1. The van der Waals surface area contributed by atoms with Gasteiger partial charge in [0.2, 0.25) is 5.91 Å². The summed E-state index contributed by atoms with van der Waals surface area (Å²) in [5.41, 5.74) is 0. The van der Waals surface area contributed by atoms with Crippen LogP contribution in [0.4, 0.5) is 0 Å². The van der Waals surface area contributed by atoms with Crippen LogP contribution < -0.4 is 5.32 Å². The Labute approximate surface area is 111 Å². The molecule has 102 valence electrons. The highest BCUT2D eigenvalue weighted by Crippen LogP contribution is 2.00. The average Bonchev–Trinajstić information content (AvgIpc) is 3.07. The molecule has 0 aliphatic heterocycles. The summed E-state index contributed by atoms with van der Waals surface area (Å²) in [5.74, 6) is 1.05. The smallest absolute Gasteiger partial charge is 0.221 e. The maximum Gasteiger partial charge on any atom is 0.221 e. The van der Waals surface area contributed by atoms with Gasteiger partial charge in [0.25, 0.3) is 0 Å². The van der Waals surface area contributed by atoms with Crippen molar-refractivity contribution in [3.05, 3.63) is 30.6 Å². The fourth-order valence-electron chi connectivity index (χ4n) is 1.83. The van der Waals surface area contributed by atoms with Gasteiger partial charge in [0, 0.05) is 44.5 Å². The minimum atomic E-state index is 0.0378. The number of imidazole rings is 1. The topological polar surface area (TPSA) is 77.6 Å². The Balaban J connectivity index is 1.67. The summed E-state index contributed by atoms with van der Waals surface area (Å²) in [6, 6.07) is 0. The molecule has 1 N–H and O–H groups in total. The minimum absolute atomic E-state index is 0.0378. The summed E-state index contributed by atoms with van der Waals surface area (Å²) in [7, 11) is 0. The van der Waals surface area contributed by atoms with Gasteiger partial charge >= 0.3 is 0 Å². The van der Waals surface area contributed by atoms with E-state index < -0.39 is 0 Å². The first-order valence-corrected chi connectivity index (χ1v) is 6.40. The number of rotatable bonds is 7. The molecule has 0 bridgehead atoms. The fraction of sp³-hybridized carbons (Fsp3) is 0.500. The fourth-order valence-corrected chi connectivity index (χ4v) is 1.83. The van der Waals surface area contributed by atoms with E-state index in [0.717, 1.165) is 12.2 Å². The van der Waals surface area contributed by atoms with Crippen molar-refractivity contribution in [3.8, 4) is 0 Å². The third kappa shape index (κ3) is 3.90. The third-order valence-corrected chi connectivity index (χ3v) is 2.83. The molecule has 0 aliphatic rings. The van der Waals surface area contributed by atoms with Crippen molar-refractivity contribution in [2.75, 3.05) is 6.54 Å². The number of aromatic nitrogens is 5. The number of aryl methyl sites for hydroxylation is 2. The monoisotopic (exact) mass is 262 g/mol. The van der Waals surface area contributed by atoms with E-state index in [1.165, 1.54) is 0 Å². The molecule has 2 heterocycles. The highest BCUT2D eigenvalue weighted by Gasteiger charge is 2.04. The summed E-state index contributed by atoms with van der Waals surface area (Å²) in [4.78, 5) is 15.9. The van der Waals surface area contributed by atoms with Crippen molar-refractivity contribution in [1.29, 1.82) is 0 Å². The molecule has 7 nitrogen and oxygen atoms in total. The van der Waals surface area contributed by atoms with E-state index in [9.17, 15) is 4.79 Å². The van der Waals surface area contributed by atoms with Crippen LogP contribution in [0.25, 0.3) is 0 Å². The van der Waals surface area contributed by atoms with E-state index in [0.29, 0.717) is 26.1 Å². The second-order valence-electron chi connectivity index (χ2n) is 4.16. The number of amides is 1. The first kappa shape index (κ1) is 13.3. The van der Waals surface area contributed by atoms with E-state index in [-0.39, 0.29) is 5.91 Å². The van der Waals surface area contributed by atoms with Crippen LogP contribution in [0.3, 0.4) is 0 Å². The van der Waals surface area contributed by atoms with Gasteiger partial charge in [-0.15, -0.1) is 5.10 Å². The highest BCUT2D eigenvalue weighted by molar-refractivity contribution is 5.75. The summed E-state index contributed by atoms with van der Waals surface area (Å²) in [6.45, 7) is 3.92. The zero-order chi connectivity index (χ0) is 13.5. The Bertz CT molecular complexity index is 504. The summed E-state index contributed by atoms with van der Waals surface area (Å²) < 4.78 is 3.70. The van der Waals surface area contributed by atoms with Gasteiger partial charge in [-0.1, -0.05) is 12.1 Å². The summed E-state index contributed by atoms with van der Waals surface area (Å²) >= 11 is 0. The van der Waals surface area contributed by atoms with Gasteiger partial charge < -0.3 is 9.88 Å². The number of nitrogens with one attached hydrogen (secondary N) is 1. The Hall–Kier alpha value is -2.18. The third-order valence-electron chi connectivity index (χ3n) is 2.83. The van der Waals surface area contributed by atoms with Crippen LogP contribution in [0.5, 0.6) is 0 Å². The predicted molar refractivity (Wildman–Crippen MR) is 69.3 cm³/mol. The Kier molecular flexibility index (Phi) is 4.66. The molecule has 2 aromatic heterocycles. The predicted octanol–water partition coefficient (Wildman–Crippen LogP) is 0.243. The lowest BCUT2D eigenvalue weighted by Crippen LogP contribution is -2.28. The Morgan fingerprint density at radius 2 is 2.21 bits per heavy atom. The van der Waals surface area contributed by atoms with Crippen LogP contribution >= 0.6 is 0 Å². The summed E-state index contributed by atoms with van der Waals surface area (Å²) in [6.07, 6.45) is 8.39. The van der Waals surface area contributed by atoms with Gasteiger partial charge in [0.1, 0.15) is 5.82 Å². The molecular formula is C12H18N6O. The van der Waals surface area contributed by atoms with Crippen LogP contribution in [0.2, 0.25) is 0 Å². The molecule has 1 amide bonds. The molecule has 0 unspecified atom stereocenters. The van der Waals surface area contributed by atoms with Gasteiger partial charge in [-0.25, -0.2) is 4.98 Å². The first-order valence-electron chi connectivity index (χ1n) is 6.40. The number of nitrogens with zero attached hydrogens (tertiary/aromatic N) is 5. The Morgan fingerprint density at radius 1 is 1.32 bits per heavy atom. The molecule has 2 rings (SSSR count). The second kappa shape index (κ2) is 6.67. The van der Waals surface area contributed by atoms with E-state index in [1.54, 1.807) is 23.3 Å². The van der Waals surface area contributed by atoms with Crippen molar-refractivity contribution in [3.63, 3.8) is 0 Å². The molecular weight excluding hydrogens is 244 g/mol. The molecule has 0 aromatic carbocycles. The lowest BCUT2D eigenvalue weighted by atomic mass is 10.3. The second-order valence-corrected chi connectivity index (χ2v) is 4.16. The first-order chi connectivity index (χ1) is 9.29. The normalized spacial score (nSPS) is 10.6. The molecule has 7 heteroatoms. The average molecular weight is 262 g/mol. The van der Waals surface area contributed by atoms with Crippen molar-refractivity contribution < 1.29 is 4.79 Å². The van der Waals surface area contributed by atoms with E-state index in [4.69, 9.17) is 0 Å². The maximum atomic E-state index is 11.7. The Morgan fingerprint density at radius 3 is 2.95 bits per heavy atom. The lowest BCUT2D eigenvalue weighted by Gasteiger charge is -2.07. The number of hydrogen-bond acceptors (Lipinski definition) is 4. The van der Waals surface area contributed by atoms with Crippen molar-refractivity contribution in [2.45, 2.75) is 32.9 Å². The van der Waals surface area contributed by atoms with Gasteiger partial charge in [-0.3, -0.25) is 9.48 Å². The molecule has 2 aromatic rings. The molecule has 0 atom stereocenters. The van der Waals surface area contributed by atoms with Gasteiger partial charge in [-0.05, 0) is 0 Å². The minimum Gasteiger partial charge on any atom is -0.354 e. The van der Waals surface area contributed by atoms with E-state index in [2.05, 4.69) is 27.5 Å². The van der Waals surface area contributed by atoms with Crippen molar-refractivity contribution in [1.82, 2.24) is 29.9 Å². The van der Waals surface area contributed by atoms with Gasteiger partial charge in [0.15, 0.2) is 0 Å².